The summed E-state index contributed by atoms with van der Waals surface area (Å²) in [4.78, 5) is 6.95. The minimum Gasteiger partial charge on any atom is -0.486 e. The van der Waals surface area contributed by atoms with Crippen LogP contribution in [0.4, 0.5) is 17.2 Å². The van der Waals surface area contributed by atoms with Crippen molar-refractivity contribution >= 4 is 34.5 Å². The number of fused-ring (bicyclic) bond motifs is 2. The smallest absolute Gasteiger partial charge is 0.171 e. The molecule has 31 heavy (non-hydrogen) atoms. The summed E-state index contributed by atoms with van der Waals surface area (Å²) in [6, 6.07) is 18.5. The van der Waals surface area contributed by atoms with E-state index in [-0.39, 0.29) is 0 Å². The van der Waals surface area contributed by atoms with Gasteiger partial charge in [0.25, 0.3) is 0 Å². The number of hydrogen-bond donors (Lipinski definition) is 2. The van der Waals surface area contributed by atoms with Crippen molar-refractivity contribution in [2.75, 3.05) is 30.0 Å². The van der Waals surface area contributed by atoms with E-state index in [1.165, 1.54) is 11.3 Å². The number of ether oxygens (including phenoxy) is 2. The highest BCUT2D eigenvalue weighted by Crippen LogP contribution is 2.32. The molecule has 2 aliphatic rings. The third kappa shape index (κ3) is 4.41. The monoisotopic (exact) mass is 432 g/mol. The Balaban J connectivity index is 1.19. The maximum absolute atomic E-state index is 5.64. The van der Waals surface area contributed by atoms with Gasteiger partial charge in [-0.05, 0) is 66.5 Å². The molecule has 0 spiro atoms. The van der Waals surface area contributed by atoms with E-state index >= 15 is 0 Å². The number of nitrogens with one attached hydrogen (secondary N) is 2. The molecular weight excluding hydrogens is 408 g/mol. The largest absolute Gasteiger partial charge is 0.486 e. The lowest BCUT2D eigenvalue weighted by Crippen LogP contribution is -2.28. The minimum absolute atomic E-state index is 0.549. The fourth-order valence-electron chi connectivity index (χ4n) is 3.95. The zero-order chi connectivity index (χ0) is 21.0. The van der Waals surface area contributed by atoms with Crippen LogP contribution in [0.25, 0.3) is 0 Å². The van der Waals surface area contributed by atoms with Crippen molar-refractivity contribution in [3.8, 4) is 11.5 Å². The van der Waals surface area contributed by atoms with Crippen molar-refractivity contribution in [3.05, 3.63) is 71.9 Å². The van der Waals surface area contributed by atoms with Crippen LogP contribution in [0.5, 0.6) is 11.5 Å². The highest BCUT2D eigenvalue weighted by atomic mass is 32.1. The lowest BCUT2D eigenvalue weighted by atomic mass is 10.0. The molecule has 0 bridgehead atoms. The highest BCUT2D eigenvalue weighted by Gasteiger charge is 2.18. The summed E-state index contributed by atoms with van der Waals surface area (Å²) in [6.45, 7) is 2.75. The zero-order valence-corrected chi connectivity index (χ0v) is 18.0. The van der Waals surface area contributed by atoms with Gasteiger partial charge in [0.05, 0.1) is 11.9 Å². The molecule has 3 heterocycles. The van der Waals surface area contributed by atoms with Gasteiger partial charge in [-0.25, -0.2) is 4.98 Å². The van der Waals surface area contributed by atoms with E-state index in [0.717, 1.165) is 48.0 Å². The minimum atomic E-state index is 0.549. The third-order valence-electron chi connectivity index (χ3n) is 5.45. The van der Waals surface area contributed by atoms with Crippen molar-refractivity contribution in [1.29, 1.82) is 0 Å². The second kappa shape index (κ2) is 8.81. The van der Waals surface area contributed by atoms with E-state index in [2.05, 4.69) is 44.8 Å². The Kier molecular flexibility index (Phi) is 5.58. The molecule has 0 saturated heterocycles. The standard InChI is InChI=1S/C24H24N4O2S/c31-24(26-15-17-7-9-21-22(14-17)30-13-12-29-21)27-19-8-10-23(25-16-19)28-11-3-5-18-4-1-2-6-20(18)28/h1-2,4,6-10,14,16H,3,5,11-13,15H2,(H2,26,27,31). The number of benzene rings is 2. The average molecular weight is 433 g/mol. The predicted molar refractivity (Wildman–Crippen MR) is 126 cm³/mol. The number of rotatable bonds is 4. The number of hydrogen-bond acceptors (Lipinski definition) is 5. The first-order chi connectivity index (χ1) is 15.3. The van der Waals surface area contributed by atoms with Gasteiger partial charge < -0.3 is 25.0 Å². The molecule has 7 heteroatoms. The number of thiocarbonyl (C=S) groups is 1. The molecule has 0 unspecified atom stereocenters. The van der Waals surface area contributed by atoms with Crippen LogP contribution in [-0.4, -0.2) is 29.9 Å². The van der Waals surface area contributed by atoms with E-state index in [0.29, 0.717) is 24.9 Å². The lowest BCUT2D eigenvalue weighted by molar-refractivity contribution is 0.171. The van der Waals surface area contributed by atoms with E-state index < -0.39 is 0 Å². The molecule has 0 aliphatic carbocycles. The summed E-state index contributed by atoms with van der Waals surface area (Å²) in [5.41, 5.74) is 4.56. The van der Waals surface area contributed by atoms with E-state index in [1.807, 2.05) is 36.5 Å². The van der Waals surface area contributed by atoms with Gasteiger partial charge in [0.2, 0.25) is 0 Å². The van der Waals surface area contributed by atoms with Gasteiger partial charge in [-0.15, -0.1) is 0 Å². The third-order valence-corrected chi connectivity index (χ3v) is 5.70. The summed E-state index contributed by atoms with van der Waals surface area (Å²) in [5.74, 6) is 2.52. The van der Waals surface area contributed by atoms with Gasteiger partial charge in [0.15, 0.2) is 16.6 Å². The van der Waals surface area contributed by atoms with Gasteiger partial charge in [-0.2, -0.15) is 0 Å². The van der Waals surface area contributed by atoms with E-state index in [1.54, 1.807) is 0 Å². The molecule has 0 atom stereocenters. The van der Waals surface area contributed by atoms with Crippen LogP contribution in [0.3, 0.4) is 0 Å². The maximum atomic E-state index is 5.64. The van der Waals surface area contributed by atoms with E-state index in [9.17, 15) is 0 Å². The second-order valence-electron chi connectivity index (χ2n) is 7.57. The summed E-state index contributed by atoms with van der Waals surface area (Å²) >= 11 is 5.45. The van der Waals surface area contributed by atoms with Crippen molar-refractivity contribution in [1.82, 2.24) is 10.3 Å². The number of anilines is 3. The Bertz CT molecular complexity index is 1090. The Labute approximate surface area is 187 Å². The number of aryl methyl sites for hydroxylation is 1. The van der Waals surface area contributed by atoms with E-state index in [4.69, 9.17) is 21.7 Å². The molecule has 2 aliphatic heterocycles. The average Bonchev–Trinajstić information content (AvgIpc) is 2.83. The van der Waals surface area contributed by atoms with Crippen LogP contribution in [0, 0.1) is 0 Å². The molecule has 2 N–H and O–H groups in total. The first-order valence-corrected chi connectivity index (χ1v) is 10.9. The van der Waals surface area contributed by atoms with Crippen LogP contribution < -0.4 is 25.0 Å². The Morgan fingerprint density at radius 2 is 1.90 bits per heavy atom. The Hall–Kier alpha value is -3.32. The Morgan fingerprint density at radius 3 is 2.77 bits per heavy atom. The van der Waals surface area contributed by atoms with Crippen LogP contribution in [-0.2, 0) is 13.0 Å². The lowest BCUT2D eigenvalue weighted by Gasteiger charge is -2.30. The van der Waals surface area contributed by atoms with Crippen molar-refractivity contribution in [3.63, 3.8) is 0 Å². The molecule has 0 fully saturated rings. The number of aromatic nitrogens is 1. The first kappa shape index (κ1) is 19.6. The number of nitrogens with zero attached hydrogens (tertiary/aromatic N) is 2. The van der Waals surface area contributed by atoms with Crippen molar-refractivity contribution in [2.24, 2.45) is 0 Å². The first-order valence-electron chi connectivity index (χ1n) is 10.5. The van der Waals surface area contributed by atoms with Crippen molar-refractivity contribution in [2.45, 2.75) is 19.4 Å². The summed E-state index contributed by atoms with van der Waals surface area (Å²) in [6.07, 6.45) is 4.08. The molecule has 5 rings (SSSR count). The zero-order valence-electron chi connectivity index (χ0n) is 17.1. The molecule has 0 radical (unpaired) electrons. The molecular formula is C24H24N4O2S. The normalized spacial score (nSPS) is 14.5. The van der Waals surface area contributed by atoms with Gasteiger partial charge in [0.1, 0.15) is 19.0 Å². The number of para-hydroxylation sites is 1. The van der Waals surface area contributed by atoms with Gasteiger partial charge in [-0.1, -0.05) is 24.3 Å². The SMILES string of the molecule is S=C(NCc1ccc2c(c1)OCCO2)Nc1ccc(N2CCCc3ccccc32)nc1. The second-order valence-corrected chi connectivity index (χ2v) is 7.98. The molecule has 6 nitrogen and oxygen atoms in total. The fraction of sp³-hybridized carbons (Fsp3) is 0.250. The fourth-order valence-corrected chi connectivity index (χ4v) is 4.14. The predicted octanol–water partition coefficient (Wildman–Crippen LogP) is 4.42. The quantitative estimate of drug-likeness (QED) is 0.592. The van der Waals surface area contributed by atoms with Crippen LogP contribution in [0.15, 0.2) is 60.8 Å². The molecule has 0 amide bonds. The van der Waals surface area contributed by atoms with Crippen LogP contribution >= 0.6 is 12.2 Å². The summed E-state index contributed by atoms with van der Waals surface area (Å²) in [5, 5.41) is 6.99. The number of pyridine rings is 1. The molecule has 2 aromatic carbocycles. The maximum Gasteiger partial charge on any atom is 0.171 e. The molecule has 3 aromatic rings. The van der Waals surface area contributed by atoms with Gasteiger partial charge >= 0.3 is 0 Å². The topological polar surface area (TPSA) is 58.6 Å². The highest BCUT2D eigenvalue weighted by molar-refractivity contribution is 7.80. The van der Waals surface area contributed by atoms with Crippen LogP contribution in [0.2, 0.25) is 0 Å². The Morgan fingerprint density at radius 1 is 1.03 bits per heavy atom. The summed E-state index contributed by atoms with van der Waals surface area (Å²) in [7, 11) is 0. The van der Waals surface area contributed by atoms with Crippen molar-refractivity contribution < 1.29 is 9.47 Å². The molecule has 0 saturated carbocycles. The molecule has 158 valence electrons. The van der Waals surface area contributed by atoms with Gasteiger partial charge in [-0.3, -0.25) is 0 Å². The summed E-state index contributed by atoms with van der Waals surface area (Å²) < 4.78 is 11.2. The molecule has 1 aromatic heterocycles. The van der Waals surface area contributed by atoms with Crippen LogP contribution in [0.1, 0.15) is 17.5 Å². The van der Waals surface area contributed by atoms with Gasteiger partial charge in [0, 0.05) is 18.8 Å².